The lowest BCUT2D eigenvalue weighted by Crippen LogP contribution is -2.05. The molecule has 0 saturated carbocycles. The number of fused-ring (bicyclic) bond motifs is 1. The third-order valence-corrected chi connectivity index (χ3v) is 5.14. The summed E-state index contributed by atoms with van der Waals surface area (Å²) in [6.45, 7) is 1.66. The molecule has 0 amide bonds. The first-order valence-corrected chi connectivity index (χ1v) is 7.68. The van der Waals surface area contributed by atoms with Crippen molar-refractivity contribution in [3.8, 4) is 0 Å². The van der Waals surface area contributed by atoms with Crippen LogP contribution in [0.2, 0.25) is 0 Å². The fraction of sp³-hybridized carbons (Fsp3) is 0.273. The largest absolute Gasteiger partial charge is 0.399 e. The summed E-state index contributed by atoms with van der Waals surface area (Å²) in [5.74, 6) is 0.277. The van der Waals surface area contributed by atoms with Crippen LogP contribution in [-0.4, -0.2) is 14.2 Å². The van der Waals surface area contributed by atoms with Crippen LogP contribution >= 0.6 is 11.3 Å². The minimum absolute atomic E-state index is 0.104. The molecular formula is C11H13NO2S2. The van der Waals surface area contributed by atoms with Crippen molar-refractivity contribution in [1.82, 2.24) is 0 Å². The zero-order chi connectivity index (χ0) is 11.8. The maximum atomic E-state index is 11.6. The minimum Gasteiger partial charge on any atom is -0.399 e. The van der Waals surface area contributed by atoms with Crippen molar-refractivity contribution >= 4 is 36.9 Å². The number of benzene rings is 1. The Morgan fingerprint density at radius 1 is 1.38 bits per heavy atom. The number of anilines is 1. The summed E-state index contributed by atoms with van der Waals surface area (Å²) < 4.78 is 24.2. The van der Waals surface area contributed by atoms with Gasteiger partial charge in [0.1, 0.15) is 0 Å². The summed E-state index contributed by atoms with van der Waals surface area (Å²) >= 11 is 1.55. The lowest BCUT2D eigenvalue weighted by molar-refractivity contribution is 0.596. The van der Waals surface area contributed by atoms with Gasteiger partial charge >= 0.3 is 0 Å². The zero-order valence-electron chi connectivity index (χ0n) is 8.93. The average molecular weight is 255 g/mol. The molecule has 0 saturated heterocycles. The van der Waals surface area contributed by atoms with Gasteiger partial charge in [-0.05, 0) is 34.5 Å². The smallest absolute Gasteiger partial charge is 0.154 e. The van der Waals surface area contributed by atoms with Crippen molar-refractivity contribution < 1.29 is 8.42 Å². The van der Waals surface area contributed by atoms with Gasteiger partial charge in [0, 0.05) is 16.1 Å². The van der Waals surface area contributed by atoms with Crippen LogP contribution in [0.3, 0.4) is 0 Å². The third kappa shape index (κ3) is 2.20. The molecule has 0 fully saturated rings. The quantitative estimate of drug-likeness (QED) is 0.857. The van der Waals surface area contributed by atoms with E-state index in [1.807, 2.05) is 23.6 Å². The number of hydrogen-bond acceptors (Lipinski definition) is 4. The maximum Gasteiger partial charge on any atom is 0.154 e. The molecule has 2 N–H and O–H groups in total. The van der Waals surface area contributed by atoms with Crippen molar-refractivity contribution in [2.75, 3.05) is 11.5 Å². The lowest BCUT2D eigenvalue weighted by Gasteiger charge is -2.00. The van der Waals surface area contributed by atoms with Crippen LogP contribution in [0.4, 0.5) is 5.69 Å². The first-order valence-electron chi connectivity index (χ1n) is 4.98. The number of thiophene rings is 1. The summed E-state index contributed by atoms with van der Waals surface area (Å²) in [6.07, 6.45) is 0. The van der Waals surface area contributed by atoms with Crippen molar-refractivity contribution in [1.29, 1.82) is 0 Å². The number of nitrogen functional groups attached to an aromatic ring is 1. The molecule has 3 nitrogen and oxygen atoms in total. The molecule has 0 unspecified atom stereocenters. The average Bonchev–Trinajstić information content (AvgIpc) is 2.61. The van der Waals surface area contributed by atoms with E-state index in [0.717, 1.165) is 15.6 Å². The van der Waals surface area contributed by atoms with Crippen LogP contribution in [0.1, 0.15) is 12.5 Å². The third-order valence-electron chi connectivity index (χ3n) is 2.49. The monoisotopic (exact) mass is 255 g/mol. The van der Waals surface area contributed by atoms with Gasteiger partial charge in [-0.3, -0.25) is 0 Å². The first-order chi connectivity index (χ1) is 7.52. The molecule has 0 bridgehead atoms. The van der Waals surface area contributed by atoms with Gasteiger partial charge in [0.2, 0.25) is 0 Å². The first kappa shape index (κ1) is 11.4. The molecule has 1 aromatic heterocycles. The summed E-state index contributed by atoms with van der Waals surface area (Å²) in [5, 5.41) is 2.86. The minimum atomic E-state index is -2.98. The van der Waals surface area contributed by atoms with E-state index in [2.05, 4.69) is 0 Å². The van der Waals surface area contributed by atoms with Crippen LogP contribution in [0.5, 0.6) is 0 Å². The second-order valence-corrected chi connectivity index (χ2v) is 6.96. The maximum absolute atomic E-state index is 11.6. The topological polar surface area (TPSA) is 60.2 Å². The predicted molar refractivity (Wildman–Crippen MR) is 69.4 cm³/mol. The molecule has 2 rings (SSSR count). The van der Waals surface area contributed by atoms with E-state index < -0.39 is 9.84 Å². The van der Waals surface area contributed by atoms with E-state index in [1.54, 1.807) is 18.3 Å². The molecule has 0 aliphatic rings. The lowest BCUT2D eigenvalue weighted by atomic mass is 10.2. The molecular weight excluding hydrogens is 242 g/mol. The number of hydrogen-bond donors (Lipinski definition) is 1. The Labute approximate surface area is 98.8 Å². The molecule has 16 heavy (non-hydrogen) atoms. The zero-order valence-corrected chi connectivity index (χ0v) is 10.6. The molecule has 0 atom stereocenters. The van der Waals surface area contributed by atoms with Gasteiger partial charge in [0.25, 0.3) is 0 Å². The Morgan fingerprint density at radius 2 is 2.12 bits per heavy atom. The summed E-state index contributed by atoms with van der Waals surface area (Å²) in [7, 11) is -2.98. The van der Waals surface area contributed by atoms with Crippen molar-refractivity contribution in [3.05, 3.63) is 29.1 Å². The second-order valence-electron chi connectivity index (χ2n) is 3.69. The molecule has 5 heteroatoms. The molecule has 1 heterocycles. The number of sulfone groups is 1. The highest BCUT2D eigenvalue weighted by atomic mass is 32.2. The van der Waals surface area contributed by atoms with Crippen molar-refractivity contribution in [3.63, 3.8) is 0 Å². The van der Waals surface area contributed by atoms with E-state index in [-0.39, 0.29) is 11.5 Å². The molecule has 0 aliphatic heterocycles. The molecule has 0 aliphatic carbocycles. The van der Waals surface area contributed by atoms with Crippen molar-refractivity contribution in [2.24, 2.45) is 0 Å². The highest BCUT2D eigenvalue weighted by Crippen LogP contribution is 2.29. The Hall–Kier alpha value is -1.07. The summed E-state index contributed by atoms with van der Waals surface area (Å²) in [5.41, 5.74) is 7.23. The predicted octanol–water partition coefficient (Wildman–Crippen LogP) is 2.42. The number of nitrogens with two attached hydrogens (primary N) is 1. The highest BCUT2D eigenvalue weighted by Gasteiger charge is 2.12. The summed E-state index contributed by atoms with van der Waals surface area (Å²) in [6, 6.07) is 5.60. The molecule has 0 radical (unpaired) electrons. The Morgan fingerprint density at radius 3 is 2.81 bits per heavy atom. The van der Waals surface area contributed by atoms with Crippen molar-refractivity contribution in [2.45, 2.75) is 12.7 Å². The van der Waals surface area contributed by atoms with Gasteiger partial charge in [-0.25, -0.2) is 8.42 Å². The molecule has 0 spiro atoms. The summed E-state index contributed by atoms with van der Waals surface area (Å²) in [4.78, 5) is 0. The highest BCUT2D eigenvalue weighted by molar-refractivity contribution is 7.90. The van der Waals surface area contributed by atoms with Gasteiger partial charge in [-0.2, -0.15) is 0 Å². The van der Waals surface area contributed by atoms with E-state index in [9.17, 15) is 8.42 Å². The van der Waals surface area contributed by atoms with Gasteiger partial charge < -0.3 is 5.73 Å². The standard InChI is InChI=1S/C11H13NO2S2/c1-2-16(13,14)7-8-6-15-11-4-3-9(12)5-10(8)11/h3-6H,2,7,12H2,1H3. The van der Waals surface area contributed by atoms with Crippen LogP contribution in [0.25, 0.3) is 10.1 Å². The molecule has 2 aromatic rings. The van der Waals surface area contributed by atoms with Gasteiger partial charge in [0.15, 0.2) is 9.84 Å². The van der Waals surface area contributed by atoms with Gasteiger partial charge in [-0.1, -0.05) is 6.92 Å². The Balaban J connectivity index is 2.50. The van der Waals surface area contributed by atoms with Gasteiger partial charge in [0.05, 0.1) is 5.75 Å². The van der Waals surface area contributed by atoms with E-state index >= 15 is 0 Å². The fourth-order valence-electron chi connectivity index (χ4n) is 1.55. The SMILES string of the molecule is CCS(=O)(=O)Cc1csc2ccc(N)cc12. The normalized spacial score (nSPS) is 12.1. The Bertz CT molecular complexity index is 614. The number of rotatable bonds is 3. The van der Waals surface area contributed by atoms with E-state index in [1.165, 1.54) is 0 Å². The Kier molecular flexibility index (Phi) is 2.90. The van der Waals surface area contributed by atoms with Gasteiger partial charge in [-0.15, -0.1) is 11.3 Å². The van der Waals surface area contributed by atoms with Crippen LogP contribution in [0, 0.1) is 0 Å². The van der Waals surface area contributed by atoms with Crippen LogP contribution in [-0.2, 0) is 15.6 Å². The molecule has 86 valence electrons. The van der Waals surface area contributed by atoms with Crippen LogP contribution < -0.4 is 5.73 Å². The molecule has 1 aromatic carbocycles. The second kappa shape index (κ2) is 4.07. The fourth-order valence-corrected chi connectivity index (χ4v) is 3.52. The van der Waals surface area contributed by atoms with Crippen LogP contribution in [0.15, 0.2) is 23.6 Å². The van der Waals surface area contributed by atoms with E-state index in [4.69, 9.17) is 5.73 Å². The van der Waals surface area contributed by atoms with E-state index in [0.29, 0.717) is 5.69 Å².